The van der Waals surface area contributed by atoms with E-state index in [9.17, 15) is 4.79 Å². The second kappa shape index (κ2) is 2.10. The summed E-state index contributed by atoms with van der Waals surface area (Å²) in [4.78, 5) is 10.9. The number of thiophene rings is 1. The highest BCUT2D eigenvalue weighted by Gasteiger charge is 2.23. The van der Waals surface area contributed by atoms with Gasteiger partial charge in [0.2, 0.25) is 0 Å². The number of ether oxygens (including phenoxy) is 2. The predicted molar refractivity (Wildman–Crippen MR) is 40.1 cm³/mol. The van der Waals surface area contributed by atoms with Crippen LogP contribution in [0.15, 0.2) is 17.9 Å². The zero-order valence-electron chi connectivity index (χ0n) is 5.49. The Labute approximate surface area is 66.9 Å². The Morgan fingerprint density at radius 3 is 3.09 bits per heavy atom. The van der Waals surface area contributed by atoms with Crippen LogP contribution in [0, 0.1) is 0 Å². The molecule has 0 saturated carbocycles. The zero-order valence-corrected chi connectivity index (χ0v) is 6.31. The summed E-state index contributed by atoms with van der Waals surface area (Å²) in [5.74, 6) is 1.31. The highest BCUT2D eigenvalue weighted by atomic mass is 32.1. The Morgan fingerprint density at radius 1 is 1.55 bits per heavy atom. The van der Waals surface area contributed by atoms with Crippen LogP contribution in [-0.2, 0) is 0 Å². The van der Waals surface area contributed by atoms with Crippen molar-refractivity contribution in [3.8, 4) is 11.5 Å². The van der Waals surface area contributed by atoms with Gasteiger partial charge >= 0.3 is 0 Å². The normalized spacial score (nSPS) is 13.6. The molecule has 0 aromatic carbocycles. The Hall–Kier alpha value is -1.29. The molecule has 0 unspecified atom stereocenters. The minimum Gasteiger partial charge on any atom is -0.421 e. The quantitative estimate of drug-likeness (QED) is 0.600. The minimum absolute atomic E-state index is 0.228. The molecule has 2 rings (SSSR count). The largest absolute Gasteiger partial charge is 0.421 e. The summed E-state index contributed by atoms with van der Waals surface area (Å²) < 4.78 is 10.1. The third-order valence-corrected chi connectivity index (χ3v) is 2.15. The fourth-order valence-electron chi connectivity index (χ4n) is 0.855. The SMILES string of the molecule is C=C1Oc2csc(C=O)c2O1. The lowest BCUT2D eigenvalue weighted by molar-refractivity contribution is 0.112. The first-order chi connectivity index (χ1) is 5.31. The maximum atomic E-state index is 10.4. The molecular weight excluding hydrogens is 164 g/mol. The van der Waals surface area contributed by atoms with Gasteiger partial charge in [0, 0.05) is 5.38 Å². The van der Waals surface area contributed by atoms with E-state index in [0.717, 1.165) is 6.29 Å². The summed E-state index contributed by atoms with van der Waals surface area (Å²) in [6.07, 6.45) is 0.742. The van der Waals surface area contributed by atoms with Crippen LogP contribution in [-0.4, -0.2) is 6.29 Å². The van der Waals surface area contributed by atoms with E-state index in [4.69, 9.17) is 9.47 Å². The molecule has 0 amide bonds. The van der Waals surface area contributed by atoms with Gasteiger partial charge in [0.1, 0.15) is 4.88 Å². The lowest BCUT2D eigenvalue weighted by Crippen LogP contribution is -1.90. The van der Waals surface area contributed by atoms with Crippen molar-refractivity contribution in [2.75, 3.05) is 0 Å². The number of hydrogen-bond donors (Lipinski definition) is 0. The summed E-state index contributed by atoms with van der Waals surface area (Å²) >= 11 is 1.29. The number of fused-ring (bicyclic) bond motifs is 1. The van der Waals surface area contributed by atoms with Crippen LogP contribution in [0.2, 0.25) is 0 Å². The Balaban J connectivity index is 2.51. The van der Waals surface area contributed by atoms with Crippen LogP contribution >= 0.6 is 11.3 Å². The average molecular weight is 168 g/mol. The van der Waals surface area contributed by atoms with Gasteiger partial charge in [-0.05, 0) is 6.58 Å². The number of aldehydes is 1. The van der Waals surface area contributed by atoms with Crippen molar-refractivity contribution in [3.05, 3.63) is 22.8 Å². The molecule has 0 fully saturated rings. The van der Waals surface area contributed by atoms with Crippen LogP contribution in [0.25, 0.3) is 0 Å². The van der Waals surface area contributed by atoms with Crippen molar-refractivity contribution in [3.63, 3.8) is 0 Å². The van der Waals surface area contributed by atoms with Crippen molar-refractivity contribution in [2.24, 2.45) is 0 Å². The van der Waals surface area contributed by atoms with Gasteiger partial charge in [0.05, 0.1) is 0 Å². The van der Waals surface area contributed by atoms with Gasteiger partial charge < -0.3 is 9.47 Å². The fraction of sp³-hybridized carbons (Fsp3) is 0. The maximum absolute atomic E-state index is 10.4. The summed E-state index contributed by atoms with van der Waals surface area (Å²) in [6, 6.07) is 0. The maximum Gasteiger partial charge on any atom is 0.283 e. The molecule has 0 atom stereocenters. The molecule has 1 aromatic rings. The molecule has 1 aliphatic heterocycles. The molecule has 0 N–H and O–H groups in total. The zero-order chi connectivity index (χ0) is 7.84. The summed E-state index contributed by atoms with van der Waals surface area (Å²) in [5, 5.41) is 1.72. The van der Waals surface area contributed by atoms with Crippen molar-refractivity contribution in [2.45, 2.75) is 0 Å². The van der Waals surface area contributed by atoms with Gasteiger partial charge in [-0.3, -0.25) is 4.79 Å². The smallest absolute Gasteiger partial charge is 0.283 e. The Kier molecular flexibility index (Phi) is 1.22. The van der Waals surface area contributed by atoms with Crippen LogP contribution in [0.4, 0.5) is 0 Å². The van der Waals surface area contributed by atoms with Crippen molar-refractivity contribution < 1.29 is 14.3 Å². The first-order valence-electron chi connectivity index (χ1n) is 2.92. The molecule has 0 bridgehead atoms. The van der Waals surface area contributed by atoms with Crippen LogP contribution < -0.4 is 9.47 Å². The molecular formula is C7H4O3S. The van der Waals surface area contributed by atoms with Crippen molar-refractivity contribution in [1.82, 2.24) is 0 Å². The van der Waals surface area contributed by atoms with Gasteiger partial charge in [-0.2, -0.15) is 0 Å². The fourth-order valence-corrected chi connectivity index (χ4v) is 1.55. The standard InChI is InChI=1S/C7H4O3S/c1-4-9-5-3-11-6(2-8)7(5)10-4/h2-3H,1H2. The van der Waals surface area contributed by atoms with E-state index < -0.39 is 0 Å². The third-order valence-electron chi connectivity index (χ3n) is 1.29. The number of carbonyl (C=O) groups is 1. The molecule has 56 valence electrons. The molecule has 4 heteroatoms. The highest BCUT2D eigenvalue weighted by Crippen LogP contribution is 2.42. The molecule has 0 aliphatic carbocycles. The third kappa shape index (κ3) is 0.832. The van der Waals surface area contributed by atoms with Crippen LogP contribution in [0.1, 0.15) is 9.67 Å². The van der Waals surface area contributed by atoms with E-state index in [1.54, 1.807) is 5.38 Å². The molecule has 0 saturated heterocycles. The Bertz CT molecular complexity index is 326. The van der Waals surface area contributed by atoms with E-state index in [-0.39, 0.29) is 5.95 Å². The van der Waals surface area contributed by atoms with E-state index >= 15 is 0 Å². The summed E-state index contributed by atoms with van der Waals surface area (Å²) in [7, 11) is 0. The number of rotatable bonds is 1. The second-order valence-corrected chi connectivity index (χ2v) is 2.90. The second-order valence-electron chi connectivity index (χ2n) is 1.99. The first kappa shape index (κ1) is 6.42. The van der Waals surface area contributed by atoms with Crippen molar-refractivity contribution >= 4 is 17.6 Å². The highest BCUT2D eigenvalue weighted by molar-refractivity contribution is 7.12. The average Bonchev–Trinajstić information content (AvgIpc) is 2.45. The monoisotopic (exact) mass is 168 g/mol. The van der Waals surface area contributed by atoms with E-state index in [1.807, 2.05) is 0 Å². The molecule has 0 radical (unpaired) electrons. The minimum atomic E-state index is 0.228. The molecule has 1 aromatic heterocycles. The van der Waals surface area contributed by atoms with Crippen LogP contribution in [0.5, 0.6) is 11.5 Å². The summed E-state index contributed by atoms with van der Waals surface area (Å²) in [6.45, 7) is 3.46. The van der Waals surface area contributed by atoms with Gasteiger partial charge in [-0.15, -0.1) is 11.3 Å². The molecule has 11 heavy (non-hydrogen) atoms. The molecule has 0 spiro atoms. The number of hydrogen-bond acceptors (Lipinski definition) is 4. The molecule has 1 aliphatic rings. The van der Waals surface area contributed by atoms with Crippen molar-refractivity contribution in [1.29, 1.82) is 0 Å². The van der Waals surface area contributed by atoms with E-state index in [0.29, 0.717) is 16.4 Å². The summed E-state index contributed by atoms with van der Waals surface area (Å²) in [5.41, 5.74) is 0. The first-order valence-corrected chi connectivity index (χ1v) is 3.80. The van der Waals surface area contributed by atoms with Gasteiger partial charge in [0.15, 0.2) is 17.8 Å². The van der Waals surface area contributed by atoms with E-state index in [1.165, 1.54) is 11.3 Å². The lowest BCUT2D eigenvalue weighted by atomic mass is 10.4. The topological polar surface area (TPSA) is 35.5 Å². The Morgan fingerprint density at radius 2 is 2.36 bits per heavy atom. The predicted octanol–water partition coefficient (Wildman–Crippen LogP) is 1.80. The van der Waals surface area contributed by atoms with Gasteiger partial charge in [-0.1, -0.05) is 0 Å². The molecule has 3 nitrogen and oxygen atoms in total. The molecule has 2 heterocycles. The van der Waals surface area contributed by atoms with Gasteiger partial charge in [0.25, 0.3) is 5.95 Å². The lowest BCUT2D eigenvalue weighted by Gasteiger charge is -1.92. The number of carbonyl (C=O) groups excluding carboxylic acids is 1. The van der Waals surface area contributed by atoms with Crippen LogP contribution in [0.3, 0.4) is 0 Å². The van der Waals surface area contributed by atoms with Gasteiger partial charge in [-0.25, -0.2) is 0 Å². The van der Waals surface area contributed by atoms with E-state index in [2.05, 4.69) is 6.58 Å².